The van der Waals surface area contributed by atoms with Crippen LogP contribution >= 0.6 is 27.3 Å². The number of benzene rings is 2. The van der Waals surface area contributed by atoms with Crippen molar-refractivity contribution in [2.24, 2.45) is 0 Å². The number of phenols is 1. The fourth-order valence-electron chi connectivity index (χ4n) is 4.38. The molecule has 1 aromatic heterocycles. The van der Waals surface area contributed by atoms with E-state index >= 15 is 0 Å². The topological polar surface area (TPSA) is 70.6 Å². The number of phenolic OH excluding ortho intramolecular Hbond substituents is 1. The van der Waals surface area contributed by atoms with E-state index in [1.165, 1.54) is 12.0 Å². The number of ketones is 1. The van der Waals surface area contributed by atoms with Crippen LogP contribution in [-0.4, -0.2) is 18.0 Å². The van der Waals surface area contributed by atoms with Crippen LogP contribution in [0.15, 0.2) is 69.7 Å². The van der Waals surface area contributed by atoms with Crippen LogP contribution in [-0.2, 0) is 4.79 Å². The van der Waals surface area contributed by atoms with E-state index in [9.17, 15) is 9.90 Å². The summed E-state index contributed by atoms with van der Waals surface area (Å²) in [6, 6.07) is 15.4. The Balaban J connectivity index is 1.65. The van der Waals surface area contributed by atoms with E-state index in [4.69, 9.17) is 4.74 Å². The number of thiophene rings is 1. The molecule has 1 aliphatic heterocycles. The first-order valence-electron chi connectivity index (χ1n) is 10.0. The number of carbonyl (C=O) groups excluding carboxylic acids is 1. The van der Waals surface area contributed by atoms with Gasteiger partial charge in [-0.3, -0.25) is 4.79 Å². The number of Topliss-reactive ketones (excluding diaryl/α,β-unsaturated/α-hetero) is 1. The molecule has 0 saturated carbocycles. The van der Waals surface area contributed by atoms with Crippen molar-refractivity contribution in [2.45, 2.75) is 24.8 Å². The summed E-state index contributed by atoms with van der Waals surface area (Å²) in [6.07, 6.45) is 1.25. The average molecular weight is 497 g/mol. The molecule has 0 bridgehead atoms. The average Bonchev–Trinajstić information content (AvgIpc) is 3.24. The first kappa shape index (κ1) is 20.2. The van der Waals surface area contributed by atoms with Gasteiger partial charge < -0.3 is 20.5 Å². The zero-order chi connectivity index (χ0) is 21.5. The molecule has 1 aliphatic carbocycles. The van der Waals surface area contributed by atoms with Gasteiger partial charge in [-0.25, -0.2) is 0 Å². The van der Waals surface area contributed by atoms with Crippen molar-refractivity contribution < 1.29 is 14.6 Å². The lowest BCUT2D eigenvalue weighted by molar-refractivity contribution is -0.116. The van der Waals surface area contributed by atoms with E-state index < -0.39 is 0 Å². The summed E-state index contributed by atoms with van der Waals surface area (Å²) in [5, 5.41) is 19.4. The van der Waals surface area contributed by atoms with Gasteiger partial charge in [-0.1, -0.05) is 18.2 Å². The lowest BCUT2D eigenvalue weighted by Gasteiger charge is -2.29. The van der Waals surface area contributed by atoms with E-state index in [2.05, 4.69) is 38.0 Å². The van der Waals surface area contributed by atoms with Crippen molar-refractivity contribution in [3.05, 3.63) is 80.1 Å². The normalized spacial score (nSPS) is 20.3. The van der Waals surface area contributed by atoms with Crippen LogP contribution in [0.25, 0.3) is 0 Å². The standard InChI is InChI=1S/C24H21BrN2O3S/c1-30-20-12-14(9-15(25)24(20)29)23-22-18(26-16-5-2-3-6-17(16)27-23)10-13(11-19(22)28)21-7-4-8-31-21/h2-9,12-13,23,26-27,29H,10-11H2,1H3/t13-,23+/m1/s1. The van der Waals surface area contributed by atoms with Crippen LogP contribution in [0.1, 0.15) is 35.2 Å². The van der Waals surface area contributed by atoms with Crippen molar-refractivity contribution in [2.75, 3.05) is 17.7 Å². The van der Waals surface area contributed by atoms with Crippen LogP contribution < -0.4 is 15.4 Å². The Morgan fingerprint density at radius 2 is 1.94 bits per heavy atom. The molecule has 2 heterocycles. The van der Waals surface area contributed by atoms with E-state index in [1.807, 2.05) is 36.4 Å². The number of methoxy groups -OCH3 is 1. The molecule has 2 aliphatic rings. The Morgan fingerprint density at radius 1 is 1.13 bits per heavy atom. The van der Waals surface area contributed by atoms with Gasteiger partial charge in [0.15, 0.2) is 17.3 Å². The van der Waals surface area contributed by atoms with Crippen LogP contribution in [0.4, 0.5) is 11.4 Å². The number of anilines is 2. The summed E-state index contributed by atoms with van der Waals surface area (Å²) in [5.74, 6) is 0.699. The molecule has 0 amide bonds. The van der Waals surface area contributed by atoms with Gasteiger partial charge in [-0.05, 0) is 63.6 Å². The summed E-state index contributed by atoms with van der Waals surface area (Å²) >= 11 is 5.12. The largest absolute Gasteiger partial charge is 0.503 e. The first-order valence-corrected chi connectivity index (χ1v) is 11.7. The number of ether oxygens (including phenoxy) is 1. The lowest BCUT2D eigenvalue weighted by Crippen LogP contribution is -2.26. The van der Waals surface area contributed by atoms with Gasteiger partial charge in [0.05, 0.1) is 29.0 Å². The molecule has 5 nitrogen and oxygen atoms in total. The highest BCUT2D eigenvalue weighted by atomic mass is 79.9. The van der Waals surface area contributed by atoms with E-state index in [0.29, 0.717) is 16.6 Å². The lowest BCUT2D eigenvalue weighted by atomic mass is 9.80. The molecule has 0 saturated heterocycles. The second kappa shape index (κ2) is 8.05. The summed E-state index contributed by atoms with van der Waals surface area (Å²) in [7, 11) is 1.52. The van der Waals surface area contributed by atoms with E-state index in [1.54, 1.807) is 17.4 Å². The van der Waals surface area contributed by atoms with Crippen LogP contribution in [0.3, 0.4) is 0 Å². The predicted octanol–water partition coefficient (Wildman–Crippen LogP) is 6.20. The van der Waals surface area contributed by atoms with Crippen molar-refractivity contribution in [1.29, 1.82) is 0 Å². The summed E-state index contributed by atoms with van der Waals surface area (Å²) in [6.45, 7) is 0. The first-order chi connectivity index (χ1) is 15.0. The molecule has 0 unspecified atom stereocenters. The van der Waals surface area contributed by atoms with Crippen LogP contribution in [0.2, 0.25) is 0 Å². The number of para-hydroxylation sites is 2. The molecule has 2 atom stereocenters. The molecule has 31 heavy (non-hydrogen) atoms. The maximum absolute atomic E-state index is 13.5. The quantitative estimate of drug-likeness (QED) is 0.402. The molecule has 7 heteroatoms. The smallest absolute Gasteiger partial charge is 0.172 e. The summed E-state index contributed by atoms with van der Waals surface area (Å²) < 4.78 is 5.89. The van der Waals surface area contributed by atoms with Crippen molar-refractivity contribution in [3.8, 4) is 11.5 Å². The number of aromatic hydroxyl groups is 1. The van der Waals surface area contributed by atoms with Crippen molar-refractivity contribution in [3.63, 3.8) is 0 Å². The van der Waals surface area contributed by atoms with Gasteiger partial charge in [0, 0.05) is 28.5 Å². The van der Waals surface area contributed by atoms with E-state index in [-0.39, 0.29) is 23.5 Å². The molecular formula is C24H21BrN2O3S. The fraction of sp³-hybridized carbons (Fsp3) is 0.208. The maximum atomic E-state index is 13.5. The Morgan fingerprint density at radius 3 is 2.68 bits per heavy atom. The second-order valence-electron chi connectivity index (χ2n) is 7.74. The number of hydrogen-bond donors (Lipinski definition) is 3. The number of fused-ring (bicyclic) bond motifs is 1. The summed E-state index contributed by atoms with van der Waals surface area (Å²) in [4.78, 5) is 14.7. The van der Waals surface area contributed by atoms with Gasteiger partial charge in [0.1, 0.15) is 0 Å². The molecule has 3 aromatic rings. The monoisotopic (exact) mass is 496 g/mol. The van der Waals surface area contributed by atoms with Gasteiger partial charge in [0.2, 0.25) is 0 Å². The van der Waals surface area contributed by atoms with Crippen LogP contribution in [0, 0.1) is 0 Å². The molecule has 2 aromatic carbocycles. The van der Waals surface area contributed by atoms with Crippen LogP contribution in [0.5, 0.6) is 11.5 Å². The molecule has 3 N–H and O–H groups in total. The zero-order valence-electron chi connectivity index (χ0n) is 16.8. The number of hydrogen-bond acceptors (Lipinski definition) is 6. The SMILES string of the molecule is COc1cc([C@@H]2Nc3ccccc3NC3=C2C(=O)C[C@H](c2cccs2)C3)cc(Br)c1O. The minimum atomic E-state index is -0.367. The van der Waals surface area contributed by atoms with Crippen molar-refractivity contribution in [1.82, 2.24) is 0 Å². The third kappa shape index (κ3) is 3.62. The van der Waals surface area contributed by atoms with Gasteiger partial charge >= 0.3 is 0 Å². The maximum Gasteiger partial charge on any atom is 0.172 e. The third-order valence-corrected chi connectivity index (χ3v) is 7.50. The number of nitrogens with one attached hydrogen (secondary N) is 2. The Hall–Kier alpha value is -2.77. The number of halogens is 1. The Bertz CT molecular complexity index is 1190. The van der Waals surface area contributed by atoms with Gasteiger partial charge in [-0.15, -0.1) is 11.3 Å². The number of allylic oxidation sites excluding steroid dienone is 1. The number of rotatable bonds is 3. The minimum Gasteiger partial charge on any atom is -0.503 e. The fourth-order valence-corrected chi connectivity index (χ4v) is 5.67. The zero-order valence-corrected chi connectivity index (χ0v) is 19.2. The molecule has 5 rings (SSSR count). The second-order valence-corrected chi connectivity index (χ2v) is 9.57. The Labute approximate surface area is 192 Å². The predicted molar refractivity (Wildman–Crippen MR) is 127 cm³/mol. The molecular weight excluding hydrogens is 476 g/mol. The third-order valence-electron chi connectivity index (χ3n) is 5.86. The molecule has 0 spiro atoms. The highest BCUT2D eigenvalue weighted by molar-refractivity contribution is 9.10. The molecule has 0 fully saturated rings. The van der Waals surface area contributed by atoms with Gasteiger partial charge in [0.25, 0.3) is 0 Å². The molecule has 158 valence electrons. The minimum absolute atomic E-state index is 0.0420. The Kier molecular flexibility index (Phi) is 5.24. The van der Waals surface area contributed by atoms with Gasteiger partial charge in [-0.2, -0.15) is 0 Å². The highest BCUT2D eigenvalue weighted by Gasteiger charge is 2.36. The van der Waals surface area contributed by atoms with E-state index in [0.717, 1.165) is 34.6 Å². The highest BCUT2D eigenvalue weighted by Crippen LogP contribution is 2.46. The summed E-state index contributed by atoms with van der Waals surface area (Å²) in [5.41, 5.74) is 4.40. The van der Waals surface area contributed by atoms with Crippen molar-refractivity contribution >= 4 is 44.4 Å². The molecule has 0 radical (unpaired) electrons. The number of carbonyl (C=O) groups is 1.